The predicted molar refractivity (Wildman–Crippen MR) is 84.9 cm³/mol. The fourth-order valence-corrected chi connectivity index (χ4v) is 3.38. The monoisotopic (exact) mass is 306 g/mol. The smallest absolute Gasteiger partial charge is 0.0897 e. The molecule has 5 heteroatoms. The zero-order valence-electron chi connectivity index (χ0n) is 11.7. The lowest BCUT2D eigenvalue weighted by atomic mass is 10.3. The lowest BCUT2D eigenvalue weighted by Gasteiger charge is -2.13. The van der Waals surface area contributed by atoms with Crippen LogP contribution in [0.1, 0.15) is 26.9 Å². The second-order valence-electron chi connectivity index (χ2n) is 4.57. The molecule has 2 aromatic rings. The highest BCUT2D eigenvalue weighted by Gasteiger charge is 2.06. The molecule has 0 aliphatic heterocycles. The van der Waals surface area contributed by atoms with E-state index in [9.17, 15) is 0 Å². The zero-order chi connectivity index (χ0) is 14.4. The van der Waals surface area contributed by atoms with E-state index in [1.807, 2.05) is 13.0 Å². The van der Waals surface area contributed by atoms with Crippen molar-refractivity contribution < 1.29 is 5.11 Å². The molecular formula is C15H18N2OS2. The van der Waals surface area contributed by atoms with E-state index in [0.717, 1.165) is 28.7 Å². The van der Waals surface area contributed by atoms with Gasteiger partial charge in [-0.2, -0.15) is 0 Å². The molecule has 20 heavy (non-hydrogen) atoms. The van der Waals surface area contributed by atoms with Crippen LogP contribution < -0.4 is 0 Å². The standard InChI is InChI=1S/C15H18N2OS2/c1-12-16-13(11-19-12)9-17(2)10-15-7-6-14(20-15)5-3-4-8-18/h6-7,11,18H,4,8-10H2,1-2H3. The summed E-state index contributed by atoms with van der Waals surface area (Å²) in [6.45, 7) is 3.93. The van der Waals surface area contributed by atoms with Gasteiger partial charge in [0, 0.05) is 29.8 Å². The lowest BCUT2D eigenvalue weighted by molar-refractivity contribution is 0.305. The molecule has 0 spiro atoms. The second kappa shape index (κ2) is 7.55. The number of hydrogen-bond donors (Lipinski definition) is 1. The van der Waals surface area contributed by atoms with Crippen molar-refractivity contribution >= 4 is 22.7 Å². The van der Waals surface area contributed by atoms with Crippen LogP contribution in [-0.2, 0) is 13.1 Å². The predicted octanol–water partition coefficient (Wildman–Crippen LogP) is 2.88. The molecule has 0 atom stereocenters. The molecule has 0 unspecified atom stereocenters. The molecule has 0 aromatic carbocycles. The van der Waals surface area contributed by atoms with Crippen molar-refractivity contribution in [3.8, 4) is 11.8 Å². The average Bonchev–Trinajstić information content (AvgIpc) is 2.99. The zero-order valence-corrected chi connectivity index (χ0v) is 13.4. The van der Waals surface area contributed by atoms with E-state index in [1.54, 1.807) is 22.7 Å². The second-order valence-corrected chi connectivity index (χ2v) is 6.80. The van der Waals surface area contributed by atoms with Crippen molar-refractivity contribution in [3.05, 3.63) is 38.0 Å². The van der Waals surface area contributed by atoms with E-state index in [1.165, 1.54) is 4.88 Å². The first kappa shape index (κ1) is 15.2. The first-order valence-corrected chi connectivity index (χ1v) is 8.15. The number of aromatic nitrogens is 1. The van der Waals surface area contributed by atoms with Crippen molar-refractivity contribution in [2.45, 2.75) is 26.4 Å². The van der Waals surface area contributed by atoms with Gasteiger partial charge in [-0.05, 0) is 26.1 Å². The molecule has 0 amide bonds. The Kier molecular flexibility index (Phi) is 5.74. The van der Waals surface area contributed by atoms with Crippen LogP contribution in [0.4, 0.5) is 0 Å². The minimum atomic E-state index is 0.126. The number of aryl methyl sites for hydroxylation is 1. The van der Waals surface area contributed by atoms with Crippen LogP contribution in [0.5, 0.6) is 0 Å². The summed E-state index contributed by atoms with van der Waals surface area (Å²) in [5.74, 6) is 6.02. The highest BCUT2D eigenvalue weighted by molar-refractivity contribution is 7.12. The third-order valence-corrected chi connectivity index (χ3v) is 4.44. The van der Waals surface area contributed by atoms with Crippen LogP contribution in [0, 0.1) is 18.8 Å². The molecule has 0 saturated carbocycles. The fourth-order valence-electron chi connectivity index (χ4n) is 1.81. The van der Waals surface area contributed by atoms with Gasteiger partial charge in [-0.15, -0.1) is 22.7 Å². The van der Waals surface area contributed by atoms with E-state index in [0.29, 0.717) is 6.42 Å². The number of thiophene rings is 1. The first-order valence-electron chi connectivity index (χ1n) is 6.45. The highest BCUT2D eigenvalue weighted by atomic mass is 32.1. The van der Waals surface area contributed by atoms with E-state index in [2.05, 4.69) is 40.2 Å². The minimum Gasteiger partial charge on any atom is -0.395 e. The summed E-state index contributed by atoms with van der Waals surface area (Å²) in [4.78, 5) is 9.10. The van der Waals surface area contributed by atoms with Crippen LogP contribution in [-0.4, -0.2) is 28.6 Å². The van der Waals surface area contributed by atoms with Gasteiger partial charge >= 0.3 is 0 Å². The van der Waals surface area contributed by atoms with Crippen LogP contribution in [0.25, 0.3) is 0 Å². The van der Waals surface area contributed by atoms with Crippen molar-refractivity contribution in [2.24, 2.45) is 0 Å². The van der Waals surface area contributed by atoms with Crippen molar-refractivity contribution in [1.82, 2.24) is 9.88 Å². The summed E-state index contributed by atoms with van der Waals surface area (Å²) in [5.41, 5.74) is 1.13. The summed E-state index contributed by atoms with van der Waals surface area (Å²) in [6.07, 6.45) is 0.538. The molecule has 2 heterocycles. The third-order valence-electron chi connectivity index (χ3n) is 2.63. The molecule has 0 saturated heterocycles. The Morgan fingerprint density at radius 3 is 2.90 bits per heavy atom. The first-order chi connectivity index (χ1) is 9.67. The maximum atomic E-state index is 8.70. The Hall–Kier alpha value is -1.19. The molecule has 0 aliphatic carbocycles. The van der Waals surface area contributed by atoms with Gasteiger partial charge in [0.15, 0.2) is 0 Å². The van der Waals surface area contributed by atoms with Crippen molar-refractivity contribution in [1.29, 1.82) is 0 Å². The van der Waals surface area contributed by atoms with Gasteiger partial charge in [0.2, 0.25) is 0 Å². The summed E-state index contributed by atoms with van der Waals surface area (Å²) in [5, 5.41) is 11.9. The third kappa shape index (κ3) is 4.73. The van der Waals surface area contributed by atoms with E-state index in [-0.39, 0.29) is 6.61 Å². The summed E-state index contributed by atoms with van der Waals surface area (Å²) >= 11 is 3.41. The molecule has 0 radical (unpaired) electrons. The Morgan fingerprint density at radius 2 is 2.20 bits per heavy atom. The Morgan fingerprint density at radius 1 is 1.35 bits per heavy atom. The molecule has 2 rings (SSSR count). The number of rotatable bonds is 5. The number of hydrogen-bond acceptors (Lipinski definition) is 5. The van der Waals surface area contributed by atoms with Crippen LogP contribution in [0.3, 0.4) is 0 Å². The van der Waals surface area contributed by atoms with Gasteiger partial charge in [-0.3, -0.25) is 4.90 Å². The Labute approximate surface area is 127 Å². The van der Waals surface area contributed by atoms with Crippen LogP contribution >= 0.6 is 22.7 Å². The fraction of sp³-hybridized carbons (Fsp3) is 0.400. The summed E-state index contributed by atoms with van der Waals surface area (Å²) in [7, 11) is 2.10. The lowest BCUT2D eigenvalue weighted by Crippen LogP contribution is -2.16. The Balaban J connectivity index is 1.88. The number of aliphatic hydroxyl groups is 1. The van der Waals surface area contributed by atoms with Crippen LogP contribution in [0.15, 0.2) is 17.5 Å². The SMILES string of the molecule is Cc1nc(CN(C)Cc2ccc(C#CCCO)s2)cs1. The maximum Gasteiger partial charge on any atom is 0.0897 e. The highest BCUT2D eigenvalue weighted by Crippen LogP contribution is 2.18. The topological polar surface area (TPSA) is 36.4 Å². The summed E-state index contributed by atoms with van der Waals surface area (Å²) in [6, 6.07) is 4.17. The molecule has 1 N–H and O–H groups in total. The molecular weight excluding hydrogens is 288 g/mol. The Bertz CT molecular complexity index is 607. The molecule has 106 valence electrons. The van der Waals surface area contributed by atoms with E-state index in [4.69, 9.17) is 5.11 Å². The van der Waals surface area contributed by atoms with Gasteiger partial charge in [-0.25, -0.2) is 4.98 Å². The normalized spacial score (nSPS) is 10.6. The molecule has 0 bridgehead atoms. The molecule has 0 aliphatic rings. The van der Waals surface area contributed by atoms with Gasteiger partial charge in [0.25, 0.3) is 0 Å². The number of nitrogens with zero attached hydrogens (tertiary/aromatic N) is 2. The minimum absolute atomic E-state index is 0.126. The van der Waals surface area contributed by atoms with E-state index < -0.39 is 0 Å². The van der Waals surface area contributed by atoms with Gasteiger partial charge in [0.1, 0.15) is 0 Å². The molecule has 0 fully saturated rings. The number of thiazole rings is 1. The van der Waals surface area contributed by atoms with Crippen molar-refractivity contribution in [3.63, 3.8) is 0 Å². The molecule has 3 nitrogen and oxygen atoms in total. The van der Waals surface area contributed by atoms with Gasteiger partial charge in [-0.1, -0.05) is 11.8 Å². The van der Waals surface area contributed by atoms with Gasteiger partial charge < -0.3 is 5.11 Å². The van der Waals surface area contributed by atoms with E-state index >= 15 is 0 Å². The summed E-state index contributed by atoms with van der Waals surface area (Å²) < 4.78 is 0. The maximum absolute atomic E-state index is 8.70. The molecule has 2 aromatic heterocycles. The van der Waals surface area contributed by atoms with Gasteiger partial charge in [0.05, 0.1) is 22.2 Å². The number of aliphatic hydroxyl groups excluding tert-OH is 1. The average molecular weight is 306 g/mol. The quantitative estimate of drug-likeness (QED) is 0.863. The van der Waals surface area contributed by atoms with Crippen molar-refractivity contribution in [2.75, 3.05) is 13.7 Å². The largest absolute Gasteiger partial charge is 0.395 e. The van der Waals surface area contributed by atoms with Crippen LogP contribution in [0.2, 0.25) is 0 Å².